The fourth-order valence-electron chi connectivity index (χ4n) is 8.30. The molecular weight excluding hydrogens is 973 g/mol. The number of rotatable bonds is 39. The van der Waals surface area contributed by atoms with Gasteiger partial charge in [-0.25, -0.2) is 19.2 Å². The molecule has 4 aromatic carbocycles. The van der Waals surface area contributed by atoms with Crippen LogP contribution in [0.3, 0.4) is 0 Å². The van der Waals surface area contributed by atoms with Gasteiger partial charge in [0.15, 0.2) is 12.2 Å². The summed E-state index contributed by atoms with van der Waals surface area (Å²) in [5, 5.41) is 0. The third-order valence-electron chi connectivity index (χ3n) is 13.1. The van der Waals surface area contributed by atoms with Gasteiger partial charge in [-0.15, -0.1) is 23.5 Å². The van der Waals surface area contributed by atoms with Gasteiger partial charge >= 0.3 is 23.9 Å². The van der Waals surface area contributed by atoms with Crippen molar-refractivity contribution in [3.63, 3.8) is 0 Å². The molecule has 0 saturated heterocycles. The molecule has 2 atom stereocenters. The topological polar surface area (TPSA) is 105 Å². The predicted octanol–water partition coefficient (Wildman–Crippen LogP) is 18.9. The quantitative estimate of drug-likeness (QED) is 0.0186. The molecule has 10 heteroatoms. The minimum atomic E-state index is -0.923. The molecule has 4 rings (SSSR count). The Bertz CT molecular complexity index is 2100. The van der Waals surface area contributed by atoms with E-state index in [1.54, 1.807) is 38.1 Å². The molecule has 0 aliphatic rings. The molecule has 0 bridgehead atoms. The average molecular weight is 1070 g/mol. The van der Waals surface area contributed by atoms with Gasteiger partial charge in [0, 0.05) is 9.79 Å². The van der Waals surface area contributed by atoms with E-state index in [9.17, 15) is 19.2 Å². The normalized spacial score (nSPS) is 11.8. The molecule has 8 nitrogen and oxygen atoms in total. The molecule has 0 aromatic heterocycles. The molecule has 75 heavy (non-hydrogen) atoms. The molecular formula is C65H94O8S2. The maximum atomic E-state index is 12.5. The lowest BCUT2D eigenvalue weighted by Crippen LogP contribution is -2.26. The van der Waals surface area contributed by atoms with Crippen LogP contribution in [0.4, 0.5) is 0 Å². The van der Waals surface area contributed by atoms with E-state index >= 15 is 0 Å². The monoisotopic (exact) mass is 1070 g/mol. The van der Waals surface area contributed by atoms with Gasteiger partial charge in [0.1, 0.15) is 0 Å². The van der Waals surface area contributed by atoms with Gasteiger partial charge in [0.25, 0.3) is 0 Å². The summed E-state index contributed by atoms with van der Waals surface area (Å²) in [6.07, 6.45) is 28.9. The van der Waals surface area contributed by atoms with Crippen molar-refractivity contribution in [2.75, 3.05) is 24.7 Å². The third kappa shape index (κ3) is 29.0. The summed E-state index contributed by atoms with van der Waals surface area (Å²) in [6, 6.07) is 31.8. The van der Waals surface area contributed by atoms with Gasteiger partial charge in [-0.1, -0.05) is 211 Å². The average Bonchev–Trinajstić information content (AvgIpc) is 3.43. The summed E-state index contributed by atoms with van der Waals surface area (Å²) < 4.78 is 21.2. The van der Waals surface area contributed by atoms with Crippen molar-refractivity contribution < 1.29 is 38.1 Å². The van der Waals surface area contributed by atoms with Gasteiger partial charge in [0.2, 0.25) is 0 Å². The van der Waals surface area contributed by atoms with E-state index in [4.69, 9.17) is 18.9 Å². The number of ether oxygens (including phenoxy) is 4. The molecule has 0 fully saturated rings. The fourth-order valence-corrected chi connectivity index (χ4v) is 10.1. The smallest absolute Gasteiger partial charge is 0.347 e. The summed E-state index contributed by atoms with van der Waals surface area (Å²) >= 11 is 3.83. The largest absolute Gasteiger partial charge is 0.463 e. The van der Waals surface area contributed by atoms with E-state index in [1.165, 1.54) is 132 Å². The van der Waals surface area contributed by atoms with Gasteiger partial charge in [-0.05, 0) is 122 Å². The molecule has 0 saturated carbocycles. The number of thioether (sulfide) groups is 2. The first kappa shape index (κ1) is 64.7. The van der Waals surface area contributed by atoms with Crippen molar-refractivity contribution in [2.24, 2.45) is 0 Å². The number of carbonyl (C=O) groups excluding carboxylic acids is 4. The van der Waals surface area contributed by atoms with Crippen LogP contribution in [-0.4, -0.2) is 60.8 Å². The van der Waals surface area contributed by atoms with Crippen LogP contribution >= 0.6 is 23.5 Å². The van der Waals surface area contributed by atoms with E-state index < -0.39 is 36.1 Å². The maximum absolute atomic E-state index is 12.5. The Labute approximate surface area is 462 Å². The molecule has 0 aliphatic heterocycles. The van der Waals surface area contributed by atoms with E-state index in [1.807, 2.05) is 47.8 Å². The second-order valence-electron chi connectivity index (χ2n) is 19.8. The van der Waals surface area contributed by atoms with Crippen LogP contribution in [0.2, 0.25) is 0 Å². The summed E-state index contributed by atoms with van der Waals surface area (Å²) in [4.78, 5) is 51.9. The lowest BCUT2D eigenvalue weighted by atomic mass is 10.0. The van der Waals surface area contributed by atoms with Crippen molar-refractivity contribution in [2.45, 2.75) is 224 Å². The van der Waals surface area contributed by atoms with Crippen LogP contribution in [0.1, 0.15) is 223 Å². The summed E-state index contributed by atoms with van der Waals surface area (Å²) in [5.41, 5.74) is 5.14. The van der Waals surface area contributed by atoms with Crippen molar-refractivity contribution in [1.82, 2.24) is 0 Å². The molecule has 0 unspecified atom stereocenters. The maximum Gasteiger partial charge on any atom is 0.347 e. The highest BCUT2D eigenvalue weighted by Gasteiger charge is 2.22. The van der Waals surface area contributed by atoms with E-state index in [0.29, 0.717) is 24.3 Å². The lowest BCUT2D eigenvalue weighted by molar-refractivity contribution is -0.153. The zero-order chi connectivity index (χ0) is 54.1. The molecule has 0 aliphatic carbocycles. The Hall–Kier alpha value is -4.54. The second kappa shape index (κ2) is 41.6. The lowest BCUT2D eigenvalue weighted by Gasteiger charge is -2.13. The molecule has 414 valence electrons. The first-order chi connectivity index (χ1) is 36.6. The Balaban J connectivity index is 0.000000395. The van der Waals surface area contributed by atoms with Crippen molar-refractivity contribution in [1.29, 1.82) is 0 Å². The second-order valence-corrected chi connectivity index (χ2v) is 22.1. The van der Waals surface area contributed by atoms with Crippen LogP contribution in [0, 0.1) is 0 Å². The molecule has 0 radical (unpaired) electrons. The van der Waals surface area contributed by atoms with Crippen LogP contribution in [0.15, 0.2) is 107 Å². The number of hydrogen-bond donors (Lipinski definition) is 0. The van der Waals surface area contributed by atoms with E-state index in [-0.39, 0.29) is 0 Å². The third-order valence-corrected chi connectivity index (χ3v) is 15.3. The Kier molecular flexibility index (Phi) is 35.9. The van der Waals surface area contributed by atoms with E-state index in [0.717, 1.165) is 72.3 Å². The van der Waals surface area contributed by atoms with Crippen molar-refractivity contribution in [3.8, 4) is 22.3 Å². The van der Waals surface area contributed by atoms with Crippen LogP contribution in [0.25, 0.3) is 22.3 Å². The summed E-state index contributed by atoms with van der Waals surface area (Å²) in [6.45, 7) is 12.7. The number of unbranched alkanes of at least 4 members (excludes halogenated alkanes) is 21. The highest BCUT2D eigenvalue weighted by molar-refractivity contribution is 7.99. The molecule has 0 amide bonds. The first-order valence-electron chi connectivity index (χ1n) is 29.0. The van der Waals surface area contributed by atoms with Crippen LogP contribution in [-0.2, 0) is 28.5 Å². The minimum absolute atomic E-state index is 0.373. The molecule has 4 aromatic rings. The molecule has 0 heterocycles. The zero-order valence-electron chi connectivity index (χ0n) is 47.0. The highest BCUT2D eigenvalue weighted by atomic mass is 32.2. The molecule has 0 N–H and O–H groups in total. The fraction of sp³-hybridized carbons (Fsp3) is 0.569. The van der Waals surface area contributed by atoms with Crippen LogP contribution < -0.4 is 0 Å². The number of esters is 4. The van der Waals surface area contributed by atoms with Gasteiger partial charge < -0.3 is 18.9 Å². The Morgan fingerprint density at radius 2 is 0.600 bits per heavy atom. The minimum Gasteiger partial charge on any atom is -0.463 e. The highest BCUT2D eigenvalue weighted by Crippen LogP contribution is 2.28. The molecule has 0 spiro atoms. The number of hydrogen-bond acceptors (Lipinski definition) is 10. The SMILES string of the molecule is CCCCCCCCCSc1ccc(-c2ccc(C(=O)O[C@@H](C)C(=O)OCCCCCCCC)cc2)cc1.CCCCCCCCOC(=O)[C@H](C)OC(=O)c1ccc(-c2ccc(SCCCCCCCC)cc2)cc1. The standard InChI is InChI=1S/C33H48O4S.C32H46O4S/c1-4-6-8-10-12-14-16-26-38-31-23-21-29(22-24-31)28-17-19-30(20-18-28)33(35)37-27(3)32(34)36-25-15-13-11-9-7-5-2;1-4-6-8-10-12-14-24-35-31(33)26(3)36-32(34)29-18-16-27(17-19-29)28-20-22-30(23-21-28)37-25-15-13-11-9-7-5-2/h17-24,27H,4-16,25-26H2,1-3H3;16-23,26H,4-15,24-25H2,1-3H3/t27-;26-/m00/s1. The Morgan fingerprint density at radius 1 is 0.347 bits per heavy atom. The summed E-state index contributed by atoms with van der Waals surface area (Å²) in [5.74, 6) is 0.304. The van der Waals surface area contributed by atoms with Gasteiger partial charge in [-0.2, -0.15) is 0 Å². The van der Waals surface area contributed by atoms with Crippen molar-refractivity contribution >= 4 is 47.4 Å². The van der Waals surface area contributed by atoms with Crippen molar-refractivity contribution in [3.05, 3.63) is 108 Å². The van der Waals surface area contributed by atoms with Crippen LogP contribution in [0.5, 0.6) is 0 Å². The van der Waals surface area contributed by atoms with Gasteiger partial charge in [0.05, 0.1) is 24.3 Å². The zero-order valence-corrected chi connectivity index (χ0v) is 48.6. The number of carbonyl (C=O) groups is 4. The van der Waals surface area contributed by atoms with Gasteiger partial charge in [-0.3, -0.25) is 0 Å². The Morgan fingerprint density at radius 3 is 0.893 bits per heavy atom. The summed E-state index contributed by atoms with van der Waals surface area (Å²) in [7, 11) is 0. The number of benzene rings is 4. The van der Waals surface area contributed by atoms with E-state index in [2.05, 4.69) is 76.2 Å². The predicted molar refractivity (Wildman–Crippen MR) is 315 cm³/mol. The first-order valence-corrected chi connectivity index (χ1v) is 31.0.